The summed E-state index contributed by atoms with van der Waals surface area (Å²) >= 11 is 0. The Morgan fingerprint density at radius 2 is 2.00 bits per heavy atom. The summed E-state index contributed by atoms with van der Waals surface area (Å²) in [7, 11) is -3.43. The molecule has 0 amide bonds. The maximum atomic E-state index is 11.3. The zero-order chi connectivity index (χ0) is 10.1. The van der Waals surface area contributed by atoms with Gasteiger partial charge in [0.2, 0.25) is 9.84 Å². The van der Waals surface area contributed by atoms with Crippen molar-refractivity contribution in [2.45, 2.75) is 18.9 Å². The SMILES string of the molecule is C=CS(=O)(=O)c1cc(C)nc(C)n1. The molecule has 1 rings (SSSR count). The highest BCUT2D eigenvalue weighted by Gasteiger charge is 2.12. The van der Waals surface area contributed by atoms with Crippen molar-refractivity contribution in [1.82, 2.24) is 9.97 Å². The van der Waals surface area contributed by atoms with Gasteiger partial charge in [-0.3, -0.25) is 0 Å². The van der Waals surface area contributed by atoms with Gasteiger partial charge in [0.15, 0.2) is 5.03 Å². The van der Waals surface area contributed by atoms with Gasteiger partial charge >= 0.3 is 0 Å². The molecule has 0 unspecified atom stereocenters. The highest BCUT2D eigenvalue weighted by atomic mass is 32.2. The second kappa shape index (κ2) is 3.26. The Kier molecular flexibility index (Phi) is 2.47. The minimum atomic E-state index is -3.43. The van der Waals surface area contributed by atoms with E-state index in [1.165, 1.54) is 6.07 Å². The Morgan fingerprint density at radius 1 is 1.38 bits per heavy atom. The van der Waals surface area contributed by atoms with Crippen LogP contribution in [0.1, 0.15) is 11.5 Å². The van der Waals surface area contributed by atoms with E-state index in [9.17, 15) is 8.42 Å². The van der Waals surface area contributed by atoms with Crippen LogP contribution in [-0.2, 0) is 9.84 Å². The Bertz CT molecular complexity index is 417. The first kappa shape index (κ1) is 9.85. The van der Waals surface area contributed by atoms with Crippen molar-refractivity contribution in [3.8, 4) is 0 Å². The quantitative estimate of drug-likeness (QED) is 0.665. The van der Waals surface area contributed by atoms with E-state index in [2.05, 4.69) is 16.5 Å². The zero-order valence-corrected chi connectivity index (χ0v) is 8.30. The molecule has 0 aliphatic heterocycles. The number of sulfone groups is 1. The van der Waals surface area contributed by atoms with Crippen molar-refractivity contribution in [1.29, 1.82) is 0 Å². The standard InChI is InChI=1S/C8H10N2O2S/c1-4-13(11,12)8-5-6(2)9-7(3)10-8/h4-5H,1H2,2-3H3. The number of aryl methyl sites for hydroxylation is 2. The molecule has 0 fully saturated rings. The van der Waals surface area contributed by atoms with E-state index in [1.54, 1.807) is 13.8 Å². The molecule has 0 N–H and O–H groups in total. The third-order valence-corrected chi connectivity index (χ3v) is 2.68. The molecule has 0 aliphatic rings. The Labute approximate surface area is 77.3 Å². The van der Waals surface area contributed by atoms with Crippen molar-refractivity contribution in [2.75, 3.05) is 0 Å². The van der Waals surface area contributed by atoms with Gasteiger partial charge in [0, 0.05) is 11.1 Å². The Hall–Kier alpha value is -1.23. The fraction of sp³-hybridized carbons (Fsp3) is 0.250. The van der Waals surface area contributed by atoms with E-state index in [4.69, 9.17) is 0 Å². The van der Waals surface area contributed by atoms with Gasteiger partial charge in [0.05, 0.1) is 0 Å². The van der Waals surface area contributed by atoms with Crippen molar-refractivity contribution in [3.63, 3.8) is 0 Å². The molecule has 0 saturated heterocycles. The van der Waals surface area contributed by atoms with Crippen LogP contribution in [-0.4, -0.2) is 18.4 Å². The minimum Gasteiger partial charge on any atom is -0.238 e. The average molecular weight is 198 g/mol. The summed E-state index contributed by atoms with van der Waals surface area (Å²) in [6.45, 7) is 6.59. The molecule has 0 saturated carbocycles. The molecule has 13 heavy (non-hydrogen) atoms. The number of nitrogens with zero attached hydrogens (tertiary/aromatic N) is 2. The molecule has 0 spiro atoms. The summed E-state index contributed by atoms with van der Waals surface area (Å²) < 4.78 is 22.6. The first-order valence-corrected chi connectivity index (χ1v) is 5.20. The van der Waals surface area contributed by atoms with E-state index in [1.807, 2.05) is 0 Å². The van der Waals surface area contributed by atoms with Crippen LogP contribution in [0.4, 0.5) is 0 Å². The maximum absolute atomic E-state index is 11.3. The molecular formula is C8H10N2O2S. The van der Waals surface area contributed by atoms with Gasteiger partial charge < -0.3 is 0 Å². The topological polar surface area (TPSA) is 59.9 Å². The number of aromatic nitrogens is 2. The van der Waals surface area contributed by atoms with Gasteiger partial charge in [-0.1, -0.05) is 6.58 Å². The van der Waals surface area contributed by atoms with Gasteiger partial charge in [-0.15, -0.1) is 0 Å². The third kappa shape index (κ3) is 2.12. The second-order valence-electron chi connectivity index (χ2n) is 2.61. The van der Waals surface area contributed by atoms with E-state index in [0.29, 0.717) is 11.5 Å². The molecule has 1 aromatic rings. The summed E-state index contributed by atoms with van der Waals surface area (Å²) in [6, 6.07) is 1.42. The summed E-state index contributed by atoms with van der Waals surface area (Å²) in [5.41, 5.74) is 0.632. The molecule has 70 valence electrons. The molecule has 1 aromatic heterocycles. The minimum absolute atomic E-state index is 0.00694. The summed E-state index contributed by atoms with van der Waals surface area (Å²) in [4.78, 5) is 7.78. The maximum Gasteiger partial charge on any atom is 0.216 e. The molecule has 1 heterocycles. The van der Waals surface area contributed by atoms with Gasteiger partial charge in [-0.05, 0) is 19.9 Å². The normalized spacial score (nSPS) is 11.2. The average Bonchev–Trinajstić information content (AvgIpc) is 2.02. The van der Waals surface area contributed by atoms with Crippen LogP contribution in [0.3, 0.4) is 0 Å². The second-order valence-corrected chi connectivity index (χ2v) is 4.45. The van der Waals surface area contributed by atoms with Gasteiger partial charge in [0.25, 0.3) is 0 Å². The van der Waals surface area contributed by atoms with E-state index < -0.39 is 9.84 Å². The smallest absolute Gasteiger partial charge is 0.216 e. The van der Waals surface area contributed by atoms with Gasteiger partial charge in [-0.25, -0.2) is 18.4 Å². The molecule has 0 bridgehead atoms. The van der Waals surface area contributed by atoms with Crippen LogP contribution in [0.5, 0.6) is 0 Å². The first-order chi connectivity index (χ1) is 5.95. The Balaban J connectivity index is 3.40. The van der Waals surface area contributed by atoms with Crippen molar-refractivity contribution in [2.24, 2.45) is 0 Å². The van der Waals surface area contributed by atoms with Gasteiger partial charge in [-0.2, -0.15) is 0 Å². The van der Waals surface area contributed by atoms with Crippen molar-refractivity contribution < 1.29 is 8.42 Å². The monoisotopic (exact) mass is 198 g/mol. The van der Waals surface area contributed by atoms with Crippen LogP contribution >= 0.6 is 0 Å². The zero-order valence-electron chi connectivity index (χ0n) is 7.48. The van der Waals surface area contributed by atoms with Crippen LogP contribution in [0, 0.1) is 13.8 Å². The van der Waals surface area contributed by atoms with Crippen LogP contribution < -0.4 is 0 Å². The van der Waals surface area contributed by atoms with Crippen molar-refractivity contribution >= 4 is 9.84 Å². The fourth-order valence-corrected chi connectivity index (χ4v) is 1.68. The Morgan fingerprint density at radius 3 is 2.46 bits per heavy atom. The number of rotatable bonds is 2. The third-order valence-electron chi connectivity index (χ3n) is 1.45. The fourth-order valence-electron chi connectivity index (χ4n) is 0.914. The molecule has 5 heteroatoms. The lowest BCUT2D eigenvalue weighted by Gasteiger charge is -2.00. The molecule has 0 atom stereocenters. The summed E-state index contributed by atoms with van der Waals surface area (Å²) in [5, 5.41) is 0.890. The number of hydrogen-bond acceptors (Lipinski definition) is 4. The predicted molar refractivity (Wildman–Crippen MR) is 48.9 cm³/mol. The highest BCUT2D eigenvalue weighted by Crippen LogP contribution is 2.09. The van der Waals surface area contributed by atoms with Crippen LogP contribution in [0.15, 0.2) is 23.1 Å². The van der Waals surface area contributed by atoms with Crippen LogP contribution in [0.25, 0.3) is 0 Å². The molecule has 4 nitrogen and oxygen atoms in total. The van der Waals surface area contributed by atoms with E-state index >= 15 is 0 Å². The molecular weight excluding hydrogens is 188 g/mol. The molecule has 0 radical (unpaired) electrons. The molecule has 0 aliphatic carbocycles. The summed E-state index contributed by atoms with van der Waals surface area (Å²) in [6.07, 6.45) is 0. The lowest BCUT2D eigenvalue weighted by Crippen LogP contribution is -2.03. The van der Waals surface area contributed by atoms with E-state index in [-0.39, 0.29) is 5.03 Å². The lowest BCUT2D eigenvalue weighted by atomic mass is 10.4. The molecule has 0 aromatic carbocycles. The summed E-state index contributed by atoms with van der Waals surface area (Å²) in [5.74, 6) is 0.445. The predicted octanol–water partition coefficient (Wildman–Crippen LogP) is 1.01. The lowest BCUT2D eigenvalue weighted by molar-refractivity contribution is 0.600. The highest BCUT2D eigenvalue weighted by molar-refractivity contribution is 7.94. The van der Waals surface area contributed by atoms with Crippen molar-refractivity contribution in [3.05, 3.63) is 29.6 Å². The number of hydrogen-bond donors (Lipinski definition) is 0. The van der Waals surface area contributed by atoms with E-state index in [0.717, 1.165) is 5.41 Å². The van der Waals surface area contributed by atoms with Crippen LogP contribution in [0.2, 0.25) is 0 Å². The largest absolute Gasteiger partial charge is 0.238 e. The van der Waals surface area contributed by atoms with Gasteiger partial charge in [0.1, 0.15) is 5.82 Å². The first-order valence-electron chi connectivity index (χ1n) is 3.65.